The van der Waals surface area contributed by atoms with E-state index in [1.165, 1.54) is 5.57 Å². The third kappa shape index (κ3) is 5.50. The van der Waals surface area contributed by atoms with Crippen LogP contribution in [0.25, 0.3) is 11.6 Å². The minimum absolute atomic E-state index is 1.14. The highest BCUT2D eigenvalue weighted by Crippen LogP contribution is 2.17. The standard InChI is InChI=1S/C11H13N.2C2H6/c1-4-9(3)11-8-12-7-6-10(11)5-2;2*1-2/h4-8H,2H2,1,3H3;2*1-2H3/b9-4-;;. The van der Waals surface area contributed by atoms with E-state index >= 15 is 0 Å². The third-order valence-corrected chi connectivity index (χ3v) is 1.93. The van der Waals surface area contributed by atoms with Crippen LogP contribution in [-0.2, 0) is 0 Å². The van der Waals surface area contributed by atoms with Gasteiger partial charge in [-0.1, -0.05) is 46.4 Å². The van der Waals surface area contributed by atoms with Crippen molar-refractivity contribution in [2.45, 2.75) is 41.5 Å². The number of hydrogen-bond acceptors (Lipinski definition) is 1. The van der Waals surface area contributed by atoms with Gasteiger partial charge in [-0.05, 0) is 31.1 Å². The minimum atomic E-state index is 1.14. The van der Waals surface area contributed by atoms with Gasteiger partial charge in [-0.25, -0.2) is 0 Å². The number of pyridine rings is 1. The number of nitrogens with zero attached hydrogens (tertiary/aromatic N) is 1. The molecule has 0 saturated heterocycles. The molecular weight excluding hydrogens is 194 g/mol. The van der Waals surface area contributed by atoms with Gasteiger partial charge in [-0.15, -0.1) is 0 Å². The molecule has 0 aliphatic carbocycles. The largest absolute Gasteiger partial charge is 0.264 e. The van der Waals surface area contributed by atoms with Gasteiger partial charge >= 0.3 is 0 Å². The molecule has 90 valence electrons. The molecule has 1 aromatic heterocycles. The molecule has 16 heavy (non-hydrogen) atoms. The van der Waals surface area contributed by atoms with E-state index in [0.717, 1.165) is 11.1 Å². The summed E-state index contributed by atoms with van der Waals surface area (Å²) in [4.78, 5) is 4.07. The summed E-state index contributed by atoms with van der Waals surface area (Å²) in [7, 11) is 0. The first-order valence-electron chi connectivity index (χ1n) is 5.99. The van der Waals surface area contributed by atoms with Crippen LogP contribution in [0.2, 0.25) is 0 Å². The number of aromatic nitrogens is 1. The maximum Gasteiger partial charge on any atom is 0.0348 e. The summed E-state index contributed by atoms with van der Waals surface area (Å²) in [5, 5.41) is 0. The molecule has 1 heterocycles. The van der Waals surface area contributed by atoms with Crippen LogP contribution in [0.4, 0.5) is 0 Å². The topological polar surface area (TPSA) is 12.9 Å². The Hall–Kier alpha value is -1.37. The summed E-state index contributed by atoms with van der Waals surface area (Å²) >= 11 is 0. The zero-order valence-electron chi connectivity index (χ0n) is 11.5. The summed E-state index contributed by atoms with van der Waals surface area (Å²) in [6.45, 7) is 15.8. The Balaban J connectivity index is 0. The van der Waals surface area contributed by atoms with Crippen LogP contribution in [-0.4, -0.2) is 4.98 Å². The molecule has 0 saturated carbocycles. The van der Waals surface area contributed by atoms with Crippen LogP contribution in [0.15, 0.2) is 31.1 Å². The second-order valence-electron chi connectivity index (χ2n) is 2.64. The third-order valence-electron chi connectivity index (χ3n) is 1.93. The zero-order valence-corrected chi connectivity index (χ0v) is 11.5. The highest BCUT2D eigenvalue weighted by molar-refractivity contribution is 5.71. The van der Waals surface area contributed by atoms with E-state index in [1.807, 2.05) is 53.0 Å². The van der Waals surface area contributed by atoms with Gasteiger partial charge in [0.1, 0.15) is 0 Å². The predicted molar refractivity (Wildman–Crippen MR) is 76.3 cm³/mol. The van der Waals surface area contributed by atoms with Gasteiger partial charge in [0.2, 0.25) is 0 Å². The normalized spacial score (nSPS) is 9.25. The minimum Gasteiger partial charge on any atom is -0.264 e. The van der Waals surface area contributed by atoms with Crippen LogP contribution in [0, 0.1) is 0 Å². The first-order valence-corrected chi connectivity index (χ1v) is 5.99. The van der Waals surface area contributed by atoms with Gasteiger partial charge in [0.05, 0.1) is 0 Å². The number of rotatable bonds is 2. The van der Waals surface area contributed by atoms with Crippen molar-refractivity contribution in [3.63, 3.8) is 0 Å². The second-order valence-corrected chi connectivity index (χ2v) is 2.64. The van der Waals surface area contributed by atoms with Gasteiger partial charge < -0.3 is 0 Å². The SMILES string of the molecule is C=Cc1ccncc1/C(C)=C\C.CC.CC. The lowest BCUT2D eigenvalue weighted by molar-refractivity contribution is 1.29. The van der Waals surface area contributed by atoms with Crippen molar-refractivity contribution in [1.29, 1.82) is 0 Å². The molecule has 0 spiro atoms. The monoisotopic (exact) mass is 219 g/mol. The molecule has 0 amide bonds. The molecule has 0 atom stereocenters. The lowest BCUT2D eigenvalue weighted by Gasteiger charge is -2.03. The van der Waals surface area contributed by atoms with E-state index in [9.17, 15) is 0 Å². The van der Waals surface area contributed by atoms with Crippen LogP contribution < -0.4 is 0 Å². The molecule has 0 N–H and O–H groups in total. The van der Waals surface area contributed by atoms with E-state index in [4.69, 9.17) is 0 Å². The van der Waals surface area contributed by atoms with Crippen molar-refractivity contribution < 1.29 is 0 Å². The van der Waals surface area contributed by atoms with E-state index in [2.05, 4.69) is 24.6 Å². The van der Waals surface area contributed by atoms with Crippen LogP contribution >= 0.6 is 0 Å². The molecule has 0 bridgehead atoms. The zero-order chi connectivity index (χ0) is 13.0. The fraction of sp³-hybridized carbons (Fsp3) is 0.400. The van der Waals surface area contributed by atoms with Crippen molar-refractivity contribution >= 4 is 11.6 Å². The molecule has 0 fully saturated rings. The van der Waals surface area contributed by atoms with Crippen molar-refractivity contribution in [3.05, 3.63) is 42.2 Å². The van der Waals surface area contributed by atoms with E-state index < -0.39 is 0 Å². The van der Waals surface area contributed by atoms with E-state index in [0.29, 0.717) is 0 Å². The van der Waals surface area contributed by atoms with E-state index in [1.54, 1.807) is 6.20 Å². The molecule has 0 radical (unpaired) electrons. The van der Waals surface area contributed by atoms with Gasteiger partial charge in [0.25, 0.3) is 0 Å². The van der Waals surface area contributed by atoms with Gasteiger partial charge in [-0.3, -0.25) is 4.98 Å². The lowest BCUT2D eigenvalue weighted by Crippen LogP contribution is -1.86. The Morgan fingerprint density at radius 3 is 2.25 bits per heavy atom. The average Bonchev–Trinajstić information content (AvgIpc) is 2.42. The Morgan fingerprint density at radius 2 is 1.81 bits per heavy atom. The maximum atomic E-state index is 4.07. The smallest absolute Gasteiger partial charge is 0.0348 e. The maximum absolute atomic E-state index is 4.07. The highest BCUT2D eigenvalue weighted by atomic mass is 14.6. The molecule has 0 aliphatic heterocycles. The molecular formula is C15H25N. The Bertz CT molecular complexity index is 311. The molecule has 1 heteroatoms. The lowest BCUT2D eigenvalue weighted by atomic mass is 10.0. The summed E-state index contributed by atoms with van der Waals surface area (Å²) < 4.78 is 0. The Kier molecular flexibility index (Phi) is 12.5. The summed E-state index contributed by atoms with van der Waals surface area (Å²) in [6.07, 6.45) is 7.57. The molecule has 0 aliphatic rings. The Morgan fingerprint density at radius 1 is 1.25 bits per heavy atom. The molecule has 0 unspecified atom stereocenters. The average molecular weight is 219 g/mol. The van der Waals surface area contributed by atoms with Crippen molar-refractivity contribution in [1.82, 2.24) is 4.98 Å². The first kappa shape index (κ1) is 17.0. The fourth-order valence-corrected chi connectivity index (χ4v) is 1.07. The van der Waals surface area contributed by atoms with Crippen LogP contribution in [0.5, 0.6) is 0 Å². The van der Waals surface area contributed by atoms with Gasteiger partial charge in [0, 0.05) is 18.0 Å². The second kappa shape index (κ2) is 11.7. The summed E-state index contributed by atoms with van der Waals surface area (Å²) in [6, 6.07) is 1.97. The van der Waals surface area contributed by atoms with Gasteiger partial charge in [-0.2, -0.15) is 0 Å². The van der Waals surface area contributed by atoms with Crippen LogP contribution in [0.1, 0.15) is 52.7 Å². The van der Waals surface area contributed by atoms with Crippen molar-refractivity contribution in [2.75, 3.05) is 0 Å². The number of allylic oxidation sites excluding steroid dienone is 2. The van der Waals surface area contributed by atoms with E-state index in [-0.39, 0.29) is 0 Å². The molecule has 0 aromatic carbocycles. The predicted octanol–water partition coefficient (Wildman–Crippen LogP) is 5.20. The molecule has 1 aromatic rings. The first-order chi connectivity index (χ1) is 7.79. The van der Waals surface area contributed by atoms with Crippen molar-refractivity contribution in [3.8, 4) is 0 Å². The Labute approximate surface area is 101 Å². The summed E-state index contributed by atoms with van der Waals surface area (Å²) in [5.74, 6) is 0. The highest BCUT2D eigenvalue weighted by Gasteiger charge is 1.98. The van der Waals surface area contributed by atoms with Crippen molar-refractivity contribution in [2.24, 2.45) is 0 Å². The van der Waals surface area contributed by atoms with Gasteiger partial charge in [0.15, 0.2) is 0 Å². The number of hydrogen-bond donors (Lipinski definition) is 0. The molecule has 1 nitrogen and oxygen atoms in total. The quantitative estimate of drug-likeness (QED) is 0.666. The molecule has 1 rings (SSSR count). The fourth-order valence-electron chi connectivity index (χ4n) is 1.07. The summed E-state index contributed by atoms with van der Waals surface area (Å²) in [5.41, 5.74) is 3.54. The van der Waals surface area contributed by atoms with Crippen LogP contribution in [0.3, 0.4) is 0 Å².